The number of ether oxygens (including phenoxy) is 3. The fourth-order valence-corrected chi connectivity index (χ4v) is 3.89. The Morgan fingerprint density at radius 3 is 2.64 bits per heavy atom. The largest absolute Gasteiger partial charge is 0.454 e. The maximum absolute atomic E-state index is 12.4. The number of carbonyl (C=O) groups is 1. The van der Waals surface area contributed by atoms with Gasteiger partial charge in [0.1, 0.15) is 23.9 Å². The Morgan fingerprint density at radius 1 is 1.03 bits per heavy atom. The number of halogens is 1. The summed E-state index contributed by atoms with van der Waals surface area (Å²) in [4.78, 5) is 19.4. The molecule has 0 saturated carbocycles. The normalized spacial score (nSPS) is 14.8. The highest BCUT2D eigenvalue weighted by Gasteiger charge is 2.25. The maximum atomic E-state index is 12.4. The number of carbonyl (C=O) groups excluding carboxylic acids is 1. The Balaban J connectivity index is 1.42. The van der Waals surface area contributed by atoms with Gasteiger partial charge in [0.05, 0.1) is 18.8 Å². The third-order valence-corrected chi connectivity index (χ3v) is 5.59. The van der Waals surface area contributed by atoms with Crippen molar-refractivity contribution in [2.45, 2.75) is 6.61 Å². The number of aliphatic imine (C=N–C) groups is 1. The van der Waals surface area contributed by atoms with Gasteiger partial charge in [0.2, 0.25) is 0 Å². The molecule has 7 nitrogen and oxygen atoms in total. The summed E-state index contributed by atoms with van der Waals surface area (Å²) in [6, 6.07) is 20.3. The van der Waals surface area contributed by atoms with Gasteiger partial charge in [-0.2, -0.15) is 0 Å². The Hall–Kier alpha value is -3.55. The van der Waals surface area contributed by atoms with Crippen molar-refractivity contribution in [2.75, 3.05) is 31.6 Å². The second-order valence-electron chi connectivity index (χ2n) is 7.65. The van der Waals surface area contributed by atoms with Crippen LogP contribution < -0.4 is 10.1 Å². The SMILES string of the molecule is O=C(Nc1ccc2c(c1)C(N1CCOCC1)=Nc1cc(Cl)ccc1O2)OCc1ccccc1. The number of morpholine rings is 1. The first-order chi connectivity index (χ1) is 16.2. The summed E-state index contributed by atoms with van der Waals surface area (Å²) in [7, 11) is 0. The lowest BCUT2D eigenvalue weighted by molar-refractivity contribution is 0.0683. The van der Waals surface area contributed by atoms with E-state index in [0.717, 1.165) is 17.0 Å². The summed E-state index contributed by atoms with van der Waals surface area (Å²) < 4.78 is 17.0. The molecule has 1 fully saturated rings. The van der Waals surface area contributed by atoms with Crippen molar-refractivity contribution < 1.29 is 19.0 Å². The lowest BCUT2D eigenvalue weighted by Gasteiger charge is -2.30. The second kappa shape index (κ2) is 9.52. The highest BCUT2D eigenvalue weighted by atomic mass is 35.5. The van der Waals surface area contributed by atoms with Gasteiger partial charge in [-0.3, -0.25) is 5.32 Å². The van der Waals surface area contributed by atoms with E-state index in [-0.39, 0.29) is 6.61 Å². The first-order valence-electron chi connectivity index (χ1n) is 10.7. The summed E-state index contributed by atoms with van der Waals surface area (Å²) in [5, 5.41) is 3.38. The highest BCUT2D eigenvalue weighted by molar-refractivity contribution is 6.31. The van der Waals surface area contributed by atoms with Crippen molar-refractivity contribution in [3.63, 3.8) is 0 Å². The van der Waals surface area contributed by atoms with Crippen molar-refractivity contribution in [3.05, 3.63) is 82.9 Å². The number of benzene rings is 3. The molecule has 3 aromatic rings. The average Bonchev–Trinajstić information content (AvgIpc) is 3.00. The molecule has 2 aliphatic rings. The first kappa shape index (κ1) is 21.3. The van der Waals surface area contributed by atoms with Crippen molar-refractivity contribution in [1.82, 2.24) is 4.90 Å². The third kappa shape index (κ3) is 4.94. The number of hydrogen-bond donors (Lipinski definition) is 1. The van der Waals surface area contributed by atoms with Crippen LogP contribution in [0.15, 0.2) is 71.7 Å². The average molecular weight is 464 g/mol. The van der Waals surface area contributed by atoms with E-state index < -0.39 is 6.09 Å². The van der Waals surface area contributed by atoms with Crippen LogP contribution in [0.5, 0.6) is 11.5 Å². The third-order valence-electron chi connectivity index (χ3n) is 5.36. The van der Waals surface area contributed by atoms with Crippen LogP contribution in [0.1, 0.15) is 11.1 Å². The minimum absolute atomic E-state index is 0.192. The van der Waals surface area contributed by atoms with Crippen LogP contribution in [0.4, 0.5) is 16.2 Å². The molecular weight excluding hydrogens is 442 g/mol. The smallest absolute Gasteiger partial charge is 0.411 e. The van der Waals surface area contributed by atoms with Crippen molar-refractivity contribution in [2.24, 2.45) is 4.99 Å². The van der Waals surface area contributed by atoms with Gasteiger partial charge in [-0.25, -0.2) is 9.79 Å². The highest BCUT2D eigenvalue weighted by Crippen LogP contribution is 2.40. The van der Waals surface area contributed by atoms with Crippen molar-refractivity contribution in [3.8, 4) is 11.5 Å². The molecule has 1 amide bonds. The molecule has 3 aromatic carbocycles. The molecular formula is C25H22ClN3O4. The Kier molecular flexibility index (Phi) is 6.15. The van der Waals surface area contributed by atoms with Crippen LogP contribution in [0, 0.1) is 0 Å². The molecule has 0 aromatic heterocycles. The topological polar surface area (TPSA) is 72.4 Å². The van der Waals surface area contributed by atoms with Gasteiger partial charge in [0.25, 0.3) is 0 Å². The second-order valence-corrected chi connectivity index (χ2v) is 8.08. The van der Waals surface area contributed by atoms with Crippen LogP contribution in [0.2, 0.25) is 5.02 Å². The number of anilines is 1. The van der Waals surface area contributed by atoms with Crippen LogP contribution in [0.25, 0.3) is 0 Å². The van der Waals surface area contributed by atoms with Gasteiger partial charge in [-0.15, -0.1) is 0 Å². The van der Waals surface area contributed by atoms with Gasteiger partial charge in [0, 0.05) is 23.8 Å². The van der Waals surface area contributed by atoms with E-state index in [1.54, 1.807) is 24.3 Å². The van der Waals surface area contributed by atoms with Crippen LogP contribution in [-0.4, -0.2) is 43.1 Å². The summed E-state index contributed by atoms with van der Waals surface area (Å²) >= 11 is 6.21. The lowest BCUT2D eigenvalue weighted by Crippen LogP contribution is -2.41. The van der Waals surface area contributed by atoms with Gasteiger partial charge >= 0.3 is 6.09 Å². The zero-order valence-corrected chi connectivity index (χ0v) is 18.5. The predicted molar refractivity (Wildman–Crippen MR) is 127 cm³/mol. The molecule has 0 unspecified atom stereocenters. The fourth-order valence-electron chi connectivity index (χ4n) is 3.72. The molecule has 2 aliphatic heterocycles. The fraction of sp³-hybridized carbons (Fsp3) is 0.200. The molecule has 168 valence electrons. The van der Waals surface area contributed by atoms with E-state index in [2.05, 4.69) is 10.2 Å². The standard InChI is InChI=1S/C25H22ClN3O4/c26-18-6-8-23-21(14-18)28-24(29-10-12-31-13-11-29)20-15-19(7-9-22(20)33-23)27-25(30)32-16-17-4-2-1-3-5-17/h1-9,14-15H,10-13,16H2,(H,27,30). The summed E-state index contributed by atoms with van der Waals surface area (Å²) in [5.74, 6) is 2.01. The van der Waals surface area contributed by atoms with E-state index in [0.29, 0.717) is 54.2 Å². The number of nitrogens with zero attached hydrogens (tertiary/aromatic N) is 2. The van der Waals surface area contributed by atoms with E-state index in [1.807, 2.05) is 42.5 Å². The molecule has 1 saturated heterocycles. The summed E-state index contributed by atoms with van der Waals surface area (Å²) in [6.07, 6.45) is -0.534. The quantitative estimate of drug-likeness (QED) is 0.547. The van der Waals surface area contributed by atoms with E-state index in [1.165, 1.54) is 0 Å². The molecule has 5 rings (SSSR count). The molecule has 1 N–H and O–H groups in total. The minimum Gasteiger partial charge on any atom is -0.454 e. The molecule has 0 aliphatic carbocycles. The molecule has 0 radical (unpaired) electrons. The number of amides is 1. The minimum atomic E-state index is -0.534. The van der Waals surface area contributed by atoms with Crippen LogP contribution in [-0.2, 0) is 16.1 Å². The molecule has 0 atom stereocenters. The van der Waals surface area contributed by atoms with E-state index in [4.69, 9.17) is 30.8 Å². The molecule has 2 heterocycles. The van der Waals surface area contributed by atoms with Gasteiger partial charge in [0.15, 0.2) is 5.75 Å². The molecule has 33 heavy (non-hydrogen) atoms. The Bertz CT molecular complexity index is 1190. The number of fused-ring (bicyclic) bond motifs is 2. The van der Waals surface area contributed by atoms with Gasteiger partial charge in [-0.1, -0.05) is 41.9 Å². The Labute approximate surface area is 196 Å². The van der Waals surface area contributed by atoms with Crippen LogP contribution in [0.3, 0.4) is 0 Å². The van der Waals surface area contributed by atoms with Crippen molar-refractivity contribution >= 4 is 34.9 Å². The number of amidine groups is 1. The molecule has 8 heteroatoms. The van der Waals surface area contributed by atoms with Crippen LogP contribution >= 0.6 is 11.6 Å². The number of rotatable bonds is 3. The van der Waals surface area contributed by atoms with E-state index >= 15 is 0 Å². The molecule has 0 spiro atoms. The number of nitrogens with one attached hydrogen (secondary N) is 1. The monoisotopic (exact) mass is 463 g/mol. The van der Waals surface area contributed by atoms with Gasteiger partial charge in [-0.05, 0) is 42.0 Å². The van der Waals surface area contributed by atoms with Crippen molar-refractivity contribution in [1.29, 1.82) is 0 Å². The maximum Gasteiger partial charge on any atom is 0.411 e. The predicted octanol–water partition coefficient (Wildman–Crippen LogP) is 5.60. The zero-order valence-electron chi connectivity index (χ0n) is 17.8. The zero-order chi connectivity index (χ0) is 22.6. The first-order valence-corrected chi connectivity index (χ1v) is 11.0. The number of hydrogen-bond acceptors (Lipinski definition) is 6. The molecule has 0 bridgehead atoms. The van der Waals surface area contributed by atoms with E-state index in [9.17, 15) is 4.79 Å². The summed E-state index contributed by atoms with van der Waals surface area (Å²) in [5.41, 5.74) is 2.92. The Morgan fingerprint density at radius 2 is 1.82 bits per heavy atom. The summed E-state index contributed by atoms with van der Waals surface area (Å²) in [6.45, 7) is 2.82. The van der Waals surface area contributed by atoms with Gasteiger partial charge < -0.3 is 19.1 Å². The lowest BCUT2D eigenvalue weighted by atomic mass is 10.1.